The van der Waals surface area contributed by atoms with Crippen molar-refractivity contribution in [2.24, 2.45) is 5.41 Å². The van der Waals surface area contributed by atoms with Gasteiger partial charge in [0, 0.05) is 42.9 Å². The van der Waals surface area contributed by atoms with Crippen LogP contribution in [0.15, 0.2) is 21.3 Å². The van der Waals surface area contributed by atoms with Gasteiger partial charge in [-0.1, -0.05) is 5.16 Å². The Morgan fingerprint density at radius 3 is 2.96 bits per heavy atom. The van der Waals surface area contributed by atoms with E-state index in [-0.39, 0.29) is 23.7 Å². The maximum Gasteiger partial charge on any atom is 0.227 e. The molecule has 1 amide bonds. The Bertz CT molecular complexity index is 666. The van der Waals surface area contributed by atoms with Gasteiger partial charge in [-0.05, 0) is 37.4 Å². The molecule has 26 heavy (non-hydrogen) atoms. The van der Waals surface area contributed by atoms with E-state index in [2.05, 4.69) is 20.8 Å². The lowest BCUT2D eigenvalue weighted by molar-refractivity contribution is -0.122. The van der Waals surface area contributed by atoms with Gasteiger partial charge in [0.05, 0.1) is 6.61 Å². The second-order valence-electron chi connectivity index (χ2n) is 6.48. The fraction of sp³-hybridized carbons (Fsp3) is 0.588. The van der Waals surface area contributed by atoms with Gasteiger partial charge in [-0.3, -0.25) is 4.79 Å². The molecule has 7 nitrogen and oxygen atoms in total. The summed E-state index contributed by atoms with van der Waals surface area (Å²) in [5.41, 5.74) is 0.976. The van der Waals surface area contributed by atoms with Crippen molar-refractivity contribution in [1.29, 1.82) is 0 Å². The monoisotopic (exact) mass is 400 g/mol. The highest BCUT2D eigenvalue weighted by Gasteiger charge is 2.32. The molecule has 0 bridgehead atoms. The number of rotatable bonds is 8. The molecular formula is C17H25ClN4O3S. The number of hydrogen-bond donors (Lipinski definition) is 2. The first-order chi connectivity index (χ1) is 12.2. The number of aromatic nitrogens is 2. The normalized spacial score (nSPS) is 16.0. The number of methoxy groups -OCH3 is 1. The second kappa shape index (κ2) is 10.0. The average molecular weight is 401 g/mol. The molecule has 3 heterocycles. The smallest absolute Gasteiger partial charge is 0.227 e. The van der Waals surface area contributed by atoms with Crippen LogP contribution in [-0.4, -0.2) is 49.4 Å². The fourth-order valence-electron chi connectivity index (χ4n) is 3.10. The summed E-state index contributed by atoms with van der Waals surface area (Å²) in [6, 6.07) is 1.94. The Balaban J connectivity index is 0.00000243. The first-order valence-corrected chi connectivity index (χ1v) is 9.47. The third kappa shape index (κ3) is 5.51. The van der Waals surface area contributed by atoms with Crippen LogP contribution in [0.1, 0.15) is 25.2 Å². The highest BCUT2D eigenvalue weighted by molar-refractivity contribution is 7.08. The van der Waals surface area contributed by atoms with Crippen molar-refractivity contribution in [3.05, 3.63) is 22.7 Å². The molecule has 1 fully saturated rings. The molecule has 0 atom stereocenters. The van der Waals surface area contributed by atoms with Crippen LogP contribution >= 0.6 is 23.7 Å². The molecule has 1 aliphatic heterocycles. The Labute approximate surface area is 163 Å². The number of ether oxygens (including phenoxy) is 1. The molecule has 0 radical (unpaired) electrons. The summed E-state index contributed by atoms with van der Waals surface area (Å²) >= 11 is 1.59. The van der Waals surface area contributed by atoms with Crippen LogP contribution < -0.4 is 10.6 Å². The third-order valence-electron chi connectivity index (χ3n) is 4.59. The van der Waals surface area contributed by atoms with Gasteiger partial charge in [0.2, 0.25) is 17.6 Å². The molecular weight excluding hydrogens is 376 g/mol. The lowest BCUT2D eigenvalue weighted by Crippen LogP contribution is -2.47. The predicted molar refractivity (Wildman–Crippen MR) is 103 cm³/mol. The molecule has 2 aromatic rings. The SMILES string of the molecule is COCC1(CNC(=O)CCc2nc(-c3ccsc3)no2)CCNCC1.Cl. The maximum atomic E-state index is 12.2. The van der Waals surface area contributed by atoms with Crippen LogP contribution in [0, 0.1) is 5.41 Å². The van der Waals surface area contributed by atoms with Crippen molar-refractivity contribution in [2.45, 2.75) is 25.7 Å². The van der Waals surface area contributed by atoms with E-state index in [1.54, 1.807) is 18.4 Å². The number of piperidine rings is 1. The summed E-state index contributed by atoms with van der Waals surface area (Å²) in [5, 5.41) is 14.3. The Kier molecular flexibility index (Phi) is 8.02. The first kappa shape index (κ1) is 20.8. The number of nitrogens with one attached hydrogen (secondary N) is 2. The van der Waals surface area contributed by atoms with Gasteiger partial charge in [0.15, 0.2) is 0 Å². The van der Waals surface area contributed by atoms with Gasteiger partial charge in [0.25, 0.3) is 0 Å². The van der Waals surface area contributed by atoms with E-state index in [1.165, 1.54) is 0 Å². The van der Waals surface area contributed by atoms with Crippen LogP contribution in [-0.2, 0) is 16.0 Å². The summed E-state index contributed by atoms with van der Waals surface area (Å²) in [5.74, 6) is 1.07. The minimum absolute atomic E-state index is 0. The minimum atomic E-state index is 0. The molecule has 144 valence electrons. The van der Waals surface area contributed by atoms with Gasteiger partial charge in [-0.25, -0.2) is 0 Å². The largest absolute Gasteiger partial charge is 0.384 e. The van der Waals surface area contributed by atoms with E-state index in [4.69, 9.17) is 9.26 Å². The summed E-state index contributed by atoms with van der Waals surface area (Å²) < 4.78 is 10.6. The molecule has 1 aliphatic rings. The number of carbonyl (C=O) groups is 1. The Hall–Kier alpha value is -1.48. The van der Waals surface area contributed by atoms with Crippen LogP contribution in [0.3, 0.4) is 0 Å². The summed E-state index contributed by atoms with van der Waals surface area (Å²) in [7, 11) is 1.71. The molecule has 9 heteroatoms. The average Bonchev–Trinajstić information content (AvgIpc) is 3.30. The molecule has 0 unspecified atom stereocenters. The molecule has 1 saturated heterocycles. The van der Waals surface area contributed by atoms with Gasteiger partial charge in [0.1, 0.15) is 0 Å². The molecule has 0 spiro atoms. The van der Waals surface area contributed by atoms with Gasteiger partial charge < -0.3 is 19.9 Å². The zero-order chi connectivity index (χ0) is 17.5. The quantitative estimate of drug-likeness (QED) is 0.706. The molecule has 0 aromatic carbocycles. The van der Waals surface area contributed by atoms with Crippen LogP contribution in [0.4, 0.5) is 0 Å². The topological polar surface area (TPSA) is 89.3 Å². The van der Waals surface area contributed by atoms with E-state index in [1.807, 2.05) is 16.8 Å². The van der Waals surface area contributed by atoms with Crippen molar-refractivity contribution in [1.82, 2.24) is 20.8 Å². The summed E-state index contributed by atoms with van der Waals surface area (Å²) in [6.45, 7) is 3.24. The van der Waals surface area contributed by atoms with Crippen molar-refractivity contribution >= 4 is 29.7 Å². The number of hydrogen-bond acceptors (Lipinski definition) is 7. The number of nitrogens with zero attached hydrogens (tertiary/aromatic N) is 2. The molecule has 3 rings (SSSR count). The number of thiophene rings is 1. The van der Waals surface area contributed by atoms with E-state index < -0.39 is 0 Å². The third-order valence-corrected chi connectivity index (χ3v) is 5.27. The van der Waals surface area contributed by atoms with Gasteiger partial charge >= 0.3 is 0 Å². The van der Waals surface area contributed by atoms with E-state index in [0.29, 0.717) is 37.7 Å². The fourth-order valence-corrected chi connectivity index (χ4v) is 3.73. The zero-order valence-corrected chi connectivity index (χ0v) is 16.5. The minimum Gasteiger partial charge on any atom is -0.384 e. The molecule has 0 saturated carbocycles. The van der Waals surface area contributed by atoms with Crippen molar-refractivity contribution in [3.8, 4) is 11.4 Å². The Morgan fingerprint density at radius 2 is 2.27 bits per heavy atom. The van der Waals surface area contributed by atoms with E-state index in [9.17, 15) is 4.79 Å². The zero-order valence-electron chi connectivity index (χ0n) is 14.8. The summed E-state index contributed by atoms with van der Waals surface area (Å²) in [6.07, 6.45) is 2.80. The van der Waals surface area contributed by atoms with Crippen LogP contribution in [0.25, 0.3) is 11.4 Å². The second-order valence-corrected chi connectivity index (χ2v) is 7.26. The summed E-state index contributed by atoms with van der Waals surface area (Å²) in [4.78, 5) is 16.5. The molecule has 2 aromatic heterocycles. The van der Waals surface area contributed by atoms with E-state index in [0.717, 1.165) is 31.5 Å². The molecule has 2 N–H and O–H groups in total. The number of carbonyl (C=O) groups excluding carboxylic acids is 1. The highest BCUT2D eigenvalue weighted by atomic mass is 35.5. The lowest BCUT2D eigenvalue weighted by atomic mass is 9.79. The number of halogens is 1. The first-order valence-electron chi connectivity index (χ1n) is 8.52. The van der Waals surface area contributed by atoms with Crippen molar-refractivity contribution in [2.75, 3.05) is 33.4 Å². The van der Waals surface area contributed by atoms with Crippen LogP contribution in [0.5, 0.6) is 0 Å². The van der Waals surface area contributed by atoms with Gasteiger partial charge in [-0.2, -0.15) is 16.3 Å². The number of aryl methyl sites for hydroxylation is 1. The van der Waals surface area contributed by atoms with Gasteiger partial charge in [-0.15, -0.1) is 12.4 Å². The Morgan fingerprint density at radius 1 is 1.46 bits per heavy atom. The number of amides is 1. The van der Waals surface area contributed by atoms with Crippen LogP contribution in [0.2, 0.25) is 0 Å². The van der Waals surface area contributed by atoms with Crippen molar-refractivity contribution < 1.29 is 14.1 Å². The predicted octanol–water partition coefficient (Wildman–Crippen LogP) is 2.28. The standard InChI is InChI=1S/C17H24N4O3S.ClH/c1-23-12-17(5-7-18-8-6-17)11-19-14(22)2-3-15-20-16(21-24-15)13-4-9-25-10-13;/h4,9-10,18H,2-3,5-8,11-12H2,1H3,(H,19,22);1H. The highest BCUT2D eigenvalue weighted by Crippen LogP contribution is 2.28. The lowest BCUT2D eigenvalue weighted by Gasteiger charge is -2.37. The van der Waals surface area contributed by atoms with Crippen molar-refractivity contribution in [3.63, 3.8) is 0 Å². The maximum absolute atomic E-state index is 12.2. The van der Waals surface area contributed by atoms with E-state index >= 15 is 0 Å². The molecule has 0 aliphatic carbocycles.